The van der Waals surface area contributed by atoms with Crippen molar-refractivity contribution in [3.63, 3.8) is 0 Å². The van der Waals surface area contributed by atoms with Gasteiger partial charge in [0.15, 0.2) is 5.41 Å². The van der Waals surface area contributed by atoms with E-state index in [0.717, 1.165) is 0 Å². The van der Waals surface area contributed by atoms with Crippen LogP contribution in [0.15, 0.2) is 0 Å². The third-order valence-electron chi connectivity index (χ3n) is 5.31. The lowest BCUT2D eigenvalue weighted by molar-refractivity contribution is -0.748. The Hall–Kier alpha value is -0.780. The maximum Gasteiger partial charge on any atom is 0.330 e. The molecule has 4 rings (SSSR count). The Labute approximate surface area is 114 Å². The van der Waals surface area contributed by atoms with Gasteiger partial charge in [-0.15, -0.1) is 0 Å². The van der Waals surface area contributed by atoms with Crippen molar-refractivity contribution in [3.8, 4) is 0 Å². The fourth-order valence-corrected chi connectivity index (χ4v) is 4.67. The quantitative estimate of drug-likeness (QED) is 0.628. The van der Waals surface area contributed by atoms with Gasteiger partial charge in [0.25, 0.3) is 5.79 Å². The van der Waals surface area contributed by atoms with Crippen LogP contribution in [0.5, 0.6) is 0 Å². The summed E-state index contributed by atoms with van der Waals surface area (Å²) in [6.07, 6.45) is 0. The summed E-state index contributed by atoms with van der Waals surface area (Å²) in [7, 11) is 0. The molecule has 0 radical (unpaired) electrons. The Morgan fingerprint density at radius 3 is 1.14 bits per heavy atom. The normalized spacial score (nSPS) is 49.4. The first-order valence-corrected chi connectivity index (χ1v) is 5.88. The lowest BCUT2D eigenvalue weighted by atomic mass is 9.17. The summed E-state index contributed by atoms with van der Waals surface area (Å²) < 4.78 is 145. The lowest BCUT2D eigenvalue weighted by Gasteiger charge is -2.89. The van der Waals surface area contributed by atoms with Gasteiger partial charge in [0.05, 0.1) is 13.2 Å². The third-order valence-corrected chi connectivity index (χ3v) is 5.31. The van der Waals surface area contributed by atoms with Crippen LogP contribution in [0.1, 0.15) is 0 Å². The average Bonchev–Trinajstić information content (AvgIpc) is 2.83. The number of halogens is 10. The first kappa shape index (κ1) is 14.8. The monoisotopic (exact) mass is 346 g/mol. The first-order chi connectivity index (χ1) is 9.71. The number of hydrogen-bond acceptors (Lipinski definition) is 2. The minimum atomic E-state index is -6.05. The van der Waals surface area contributed by atoms with Crippen LogP contribution in [0.4, 0.5) is 43.9 Å². The highest BCUT2D eigenvalue weighted by molar-refractivity contribution is 5.59. The zero-order valence-corrected chi connectivity index (χ0v) is 10.0. The molecule has 1 aliphatic heterocycles. The smallest absolute Gasteiger partial charge is 0.330 e. The van der Waals surface area contributed by atoms with Crippen molar-refractivity contribution in [2.45, 2.75) is 35.4 Å². The molecule has 0 aromatic heterocycles. The number of ether oxygens (including phenoxy) is 2. The van der Waals surface area contributed by atoms with Crippen LogP contribution in [0.2, 0.25) is 0 Å². The SMILES string of the molecule is FC1(F)C(F)(F)C23C(F)(F)C(F)(F)C12C(F)(F)C31OCCO1. The van der Waals surface area contributed by atoms with Gasteiger partial charge < -0.3 is 9.47 Å². The molecule has 2 nitrogen and oxygen atoms in total. The van der Waals surface area contributed by atoms with E-state index in [4.69, 9.17) is 0 Å². The number of alkyl halides is 10. The lowest BCUT2D eigenvalue weighted by Crippen LogP contribution is -3.17. The van der Waals surface area contributed by atoms with Gasteiger partial charge in [-0.2, -0.15) is 43.9 Å². The predicted octanol–water partition coefficient (Wildman–Crippen LogP) is 2.92. The van der Waals surface area contributed by atoms with E-state index >= 15 is 0 Å². The maximum absolute atomic E-state index is 14.1. The van der Waals surface area contributed by atoms with Crippen molar-refractivity contribution in [1.82, 2.24) is 0 Å². The molecule has 12 heteroatoms. The fraction of sp³-hybridized carbons (Fsp3) is 1.00. The van der Waals surface area contributed by atoms with Crippen LogP contribution in [0.3, 0.4) is 0 Å². The molecular formula is C10H4F10O2. The highest BCUT2D eigenvalue weighted by Gasteiger charge is 3.32. The van der Waals surface area contributed by atoms with Gasteiger partial charge in [0.2, 0.25) is 5.41 Å². The van der Waals surface area contributed by atoms with E-state index in [0.29, 0.717) is 0 Å². The van der Waals surface area contributed by atoms with Gasteiger partial charge in [0, 0.05) is 0 Å². The van der Waals surface area contributed by atoms with Crippen LogP contribution >= 0.6 is 0 Å². The molecule has 0 atom stereocenters. The second-order valence-electron chi connectivity index (χ2n) is 5.69. The molecule has 0 aromatic rings. The van der Waals surface area contributed by atoms with Gasteiger partial charge in [-0.3, -0.25) is 0 Å². The summed E-state index contributed by atoms with van der Waals surface area (Å²) in [5.74, 6) is -33.4. The summed E-state index contributed by atoms with van der Waals surface area (Å²) in [4.78, 5) is 0. The van der Waals surface area contributed by atoms with Gasteiger partial charge >= 0.3 is 29.6 Å². The Balaban J connectivity index is 2.08. The molecule has 0 unspecified atom stereocenters. The van der Waals surface area contributed by atoms with Crippen LogP contribution in [-0.4, -0.2) is 48.6 Å². The largest absolute Gasteiger partial charge is 0.342 e. The fourth-order valence-electron chi connectivity index (χ4n) is 4.67. The van der Waals surface area contributed by atoms with E-state index in [9.17, 15) is 43.9 Å². The minimum Gasteiger partial charge on any atom is -0.342 e. The molecular weight excluding hydrogens is 342 g/mol. The first-order valence-electron chi connectivity index (χ1n) is 5.88. The highest BCUT2D eigenvalue weighted by Crippen LogP contribution is 3.05. The van der Waals surface area contributed by atoms with Crippen molar-refractivity contribution < 1.29 is 53.4 Å². The van der Waals surface area contributed by atoms with Crippen molar-refractivity contribution in [2.24, 2.45) is 10.8 Å². The molecule has 0 amide bonds. The van der Waals surface area contributed by atoms with Gasteiger partial charge in [0.1, 0.15) is 0 Å². The van der Waals surface area contributed by atoms with Crippen molar-refractivity contribution in [2.75, 3.05) is 13.2 Å². The van der Waals surface area contributed by atoms with E-state index < -0.39 is 59.4 Å². The summed E-state index contributed by atoms with van der Waals surface area (Å²) in [5.41, 5.74) is -10.1. The van der Waals surface area contributed by atoms with Crippen molar-refractivity contribution in [3.05, 3.63) is 0 Å². The third kappa shape index (κ3) is 0.661. The van der Waals surface area contributed by atoms with Gasteiger partial charge in [-0.05, 0) is 0 Å². The molecule has 1 saturated heterocycles. The second-order valence-corrected chi connectivity index (χ2v) is 5.69. The molecule has 4 aliphatic rings. The highest BCUT2D eigenvalue weighted by atomic mass is 19.3. The topological polar surface area (TPSA) is 18.5 Å². The van der Waals surface area contributed by atoms with Gasteiger partial charge in [-0.1, -0.05) is 0 Å². The zero-order chi connectivity index (χ0) is 16.8. The Morgan fingerprint density at radius 1 is 0.455 bits per heavy atom. The van der Waals surface area contributed by atoms with Crippen LogP contribution in [0.25, 0.3) is 0 Å². The van der Waals surface area contributed by atoms with Crippen LogP contribution < -0.4 is 0 Å². The van der Waals surface area contributed by atoms with E-state index in [1.807, 2.05) is 0 Å². The summed E-state index contributed by atoms with van der Waals surface area (Å²) >= 11 is 0. The van der Waals surface area contributed by atoms with Crippen LogP contribution in [0, 0.1) is 10.8 Å². The molecule has 3 saturated carbocycles. The van der Waals surface area contributed by atoms with Crippen molar-refractivity contribution >= 4 is 0 Å². The summed E-state index contributed by atoms with van der Waals surface area (Å²) in [6, 6.07) is 0. The predicted molar refractivity (Wildman–Crippen MR) is 44.2 cm³/mol. The number of hydrogen-bond donors (Lipinski definition) is 0. The van der Waals surface area contributed by atoms with Crippen molar-refractivity contribution in [1.29, 1.82) is 0 Å². The van der Waals surface area contributed by atoms with Gasteiger partial charge in [-0.25, -0.2) is 0 Å². The second kappa shape index (κ2) is 2.85. The summed E-state index contributed by atoms with van der Waals surface area (Å²) in [5, 5.41) is 0. The Kier molecular flexibility index (Phi) is 1.91. The molecule has 22 heavy (non-hydrogen) atoms. The molecule has 0 aromatic carbocycles. The van der Waals surface area contributed by atoms with E-state index in [1.54, 1.807) is 0 Å². The standard InChI is InChI=1S/C10H4F10O2/c11-5(12)3-4(7(5,15)16,8(17,18)6(3,13)14)10(9(3,19)20)21-1-2-22-10/h1-2H2. The molecule has 4 fully saturated rings. The maximum atomic E-state index is 14.1. The summed E-state index contributed by atoms with van der Waals surface area (Å²) in [6.45, 7) is -1.78. The Bertz CT molecular complexity index is 563. The average molecular weight is 346 g/mol. The molecule has 1 heterocycles. The molecule has 126 valence electrons. The molecule has 0 N–H and O–H groups in total. The zero-order valence-electron chi connectivity index (χ0n) is 10.0. The Morgan fingerprint density at radius 2 is 0.773 bits per heavy atom. The van der Waals surface area contributed by atoms with Crippen LogP contribution in [-0.2, 0) is 9.47 Å². The van der Waals surface area contributed by atoms with E-state index in [1.165, 1.54) is 0 Å². The minimum absolute atomic E-state index is 0.892. The molecule has 0 bridgehead atoms. The van der Waals surface area contributed by atoms with E-state index in [-0.39, 0.29) is 0 Å². The molecule has 1 spiro atoms. The molecule has 3 aliphatic carbocycles. The van der Waals surface area contributed by atoms with E-state index in [2.05, 4.69) is 9.47 Å². The number of rotatable bonds is 0.